The van der Waals surface area contributed by atoms with E-state index in [2.05, 4.69) is 32.0 Å². The van der Waals surface area contributed by atoms with E-state index in [9.17, 15) is 12.8 Å². The molecular weight excluding hydrogens is 347 g/mol. The maximum atomic E-state index is 13.4. The molecule has 0 aliphatic carbocycles. The standard InChI is InChI=1S/C13H16BrFN2O2S/c14-12-2-1-11(9-13(12)15)20(18,19)17-8-5-10-3-6-16-7-4-10/h1-3,9,16-17H,4-8H2. The van der Waals surface area contributed by atoms with Gasteiger partial charge in [-0.3, -0.25) is 0 Å². The summed E-state index contributed by atoms with van der Waals surface area (Å²) in [5.74, 6) is -0.589. The van der Waals surface area contributed by atoms with Crippen LogP contribution in [0, 0.1) is 5.82 Å². The van der Waals surface area contributed by atoms with Crippen LogP contribution in [0.1, 0.15) is 12.8 Å². The van der Waals surface area contributed by atoms with Gasteiger partial charge < -0.3 is 5.32 Å². The van der Waals surface area contributed by atoms with Crippen LogP contribution in [0.3, 0.4) is 0 Å². The topological polar surface area (TPSA) is 58.2 Å². The lowest BCUT2D eigenvalue weighted by Gasteiger charge is -2.14. The first kappa shape index (κ1) is 15.6. The van der Waals surface area contributed by atoms with Crippen molar-refractivity contribution in [1.29, 1.82) is 0 Å². The Labute approximate surface area is 126 Å². The number of benzene rings is 1. The van der Waals surface area contributed by atoms with Gasteiger partial charge in [-0.15, -0.1) is 0 Å². The highest BCUT2D eigenvalue weighted by molar-refractivity contribution is 9.10. The maximum Gasteiger partial charge on any atom is 0.240 e. The Hall–Kier alpha value is -0.760. The molecule has 1 aliphatic heterocycles. The molecule has 0 amide bonds. The minimum atomic E-state index is -3.65. The van der Waals surface area contributed by atoms with Crippen LogP contribution in [-0.2, 0) is 10.0 Å². The number of hydrogen-bond donors (Lipinski definition) is 2. The van der Waals surface area contributed by atoms with Crippen molar-refractivity contribution in [3.05, 3.63) is 40.1 Å². The average Bonchev–Trinajstić information content (AvgIpc) is 2.43. The van der Waals surface area contributed by atoms with Gasteiger partial charge in [0.1, 0.15) is 5.82 Å². The van der Waals surface area contributed by atoms with Crippen molar-refractivity contribution in [2.75, 3.05) is 19.6 Å². The summed E-state index contributed by atoms with van der Waals surface area (Å²) >= 11 is 3.00. The second-order valence-corrected chi connectivity index (χ2v) is 7.16. The van der Waals surface area contributed by atoms with Gasteiger partial charge in [0.2, 0.25) is 10.0 Å². The van der Waals surface area contributed by atoms with E-state index in [1.54, 1.807) is 0 Å². The molecule has 0 saturated heterocycles. The Balaban J connectivity index is 1.96. The quantitative estimate of drug-likeness (QED) is 0.789. The van der Waals surface area contributed by atoms with E-state index in [1.807, 2.05) is 0 Å². The summed E-state index contributed by atoms with van der Waals surface area (Å²) in [7, 11) is -3.65. The van der Waals surface area contributed by atoms with E-state index < -0.39 is 15.8 Å². The molecule has 2 rings (SSSR count). The Bertz CT molecular complexity index is 617. The Morgan fingerprint density at radius 3 is 2.85 bits per heavy atom. The number of hydrogen-bond acceptors (Lipinski definition) is 3. The largest absolute Gasteiger partial charge is 0.313 e. The second-order valence-electron chi connectivity index (χ2n) is 4.54. The number of nitrogens with one attached hydrogen (secondary N) is 2. The van der Waals surface area contributed by atoms with E-state index in [0.29, 0.717) is 13.0 Å². The van der Waals surface area contributed by atoms with Gasteiger partial charge in [0.15, 0.2) is 0 Å². The molecule has 1 aromatic carbocycles. The first-order valence-corrected chi connectivity index (χ1v) is 8.60. The van der Waals surface area contributed by atoms with Gasteiger partial charge in [-0.1, -0.05) is 11.6 Å². The molecule has 0 bridgehead atoms. The monoisotopic (exact) mass is 362 g/mol. The predicted octanol–water partition coefficient (Wildman–Crippen LogP) is 2.18. The lowest BCUT2D eigenvalue weighted by atomic mass is 10.1. The fraction of sp³-hybridized carbons (Fsp3) is 0.385. The van der Waals surface area contributed by atoms with Gasteiger partial charge in [-0.25, -0.2) is 17.5 Å². The molecule has 0 radical (unpaired) electrons. The van der Waals surface area contributed by atoms with E-state index in [4.69, 9.17) is 0 Å². The lowest BCUT2D eigenvalue weighted by molar-refractivity contribution is 0.575. The van der Waals surface area contributed by atoms with Gasteiger partial charge in [0.25, 0.3) is 0 Å². The highest BCUT2D eigenvalue weighted by Crippen LogP contribution is 2.19. The van der Waals surface area contributed by atoms with Crippen molar-refractivity contribution in [2.45, 2.75) is 17.7 Å². The zero-order valence-electron chi connectivity index (χ0n) is 10.8. The van der Waals surface area contributed by atoms with Crippen LogP contribution >= 0.6 is 15.9 Å². The van der Waals surface area contributed by atoms with Crippen LogP contribution in [0.4, 0.5) is 4.39 Å². The van der Waals surface area contributed by atoms with Gasteiger partial charge in [0, 0.05) is 13.1 Å². The molecule has 110 valence electrons. The fourth-order valence-corrected chi connectivity index (χ4v) is 3.26. The van der Waals surface area contributed by atoms with Gasteiger partial charge >= 0.3 is 0 Å². The Morgan fingerprint density at radius 2 is 2.20 bits per heavy atom. The highest BCUT2D eigenvalue weighted by atomic mass is 79.9. The second kappa shape index (κ2) is 6.80. The molecule has 0 atom stereocenters. The normalized spacial score (nSPS) is 16.0. The molecule has 0 spiro atoms. The summed E-state index contributed by atoms with van der Waals surface area (Å²) in [4.78, 5) is -0.0579. The molecule has 2 N–H and O–H groups in total. The van der Waals surface area contributed by atoms with E-state index in [1.165, 1.54) is 17.7 Å². The van der Waals surface area contributed by atoms with Crippen molar-refractivity contribution < 1.29 is 12.8 Å². The molecule has 20 heavy (non-hydrogen) atoms. The zero-order chi connectivity index (χ0) is 14.6. The van der Waals surface area contributed by atoms with Gasteiger partial charge in [-0.05, 0) is 53.5 Å². The fourth-order valence-electron chi connectivity index (χ4n) is 1.97. The number of halogens is 2. The minimum absolute atomic E-state index is 0.0579. The lowest BCUT2D eigenvalue weighted by Crippen LogP contribution is -2.27. The predicted molar refractivity (Wildman–Crippen MR) is 79.5 cm³/mol. The number of rotatable bonds is 5. The summed E-state index contributed by atoms with van der Waals surface area (Å²) < 4.78 is 40.1. The molecule has 7 heteroatoms. The molecule has 0 aromatic heterocycles. The third-order valence-electron chi connectivity index (χ3n) is 3.10. The van der Waals surface area contributed by atoms with Crippen molar-refractivity contribution in [3.63, 3.8) is 0 Å². The zero-order valence-corrected chi connectivity index (χ0v) is 13.2. The van der Waals surface area contributed by atoms with Crippen LogP contribution in [0.15, 0.2) is 39.2 Å². The first-order valence-electron chi connectivity index (χ1n) is 6.32. The van der Waals surface area contributed by atoms with Crippen LogP contribution < -0.4 is 10.0 Å². The SMILES string of the molecule is O=S(=O)(NCCC1=CCNCC1)c1ccc(Br)c(F)c1. The van der Waals surface area contributed by atoms with Gasteiger partial charge in [0.05, 0.1) is 9.37 Å². The molecule has 1 aliphatic rings. The van der Waals surface area contributed by atoms with Crippen LogP contribution in [-0.4, -0.2) is 28.1 Å². The Morgan fingerprint density at radius 1 is 1.40 bits per heavy atom. The van der Waals surface area contributed by atoms with Crippen molar-refractivity contribution >= 4 is 26.0 Å². The van der Waals surface area contributed by atoms with E-state index >= 15 is 0 Å². The average molecular weight is 363 g/mol. The molecule has 1 heterocycles. The molecular formula is C13H16BrFN2O2S. The van der Waals surface area contributed by atoms with E-state index in [0.717, 1.165) is 25.6 Å². The summed E-state index contributed by atoms with van der Waals surface area (Å²) in [6, 6.07) is 3.77. The summed E-state index contributed by atoms with van der Waals surface area (Å²) in [6.07, 6.45) is 3.70. The highest BCUT2D eigenvalue weighted by Gasteiger charge is 2.15. The summed E-state index contributed by atoms with van der Waals surface area (Å²) in [5, 5.41) is 3.20. The van der Waals surface area contributed by atoms with Crippen molar-refractivity contribution in [3.8, 4) is 0 Å². The summed E-state index contributed by atoms with van der Waals surface area (Å²) in [6.45, 7) is 2.09. The molecule has 0 fully saturated rings. The third kappa shape index (κ3) is 4.12. The van der Waals surface area contributed by atoms with Crippen LogP contribution in [0.25, 0.3) is 0 Å². The third-order valence-corrected chi connectivity index (χ3v) is 5.20. The smallest absolute Gasteiger partial charge is 0.240 e. The summed E-state index contributed by atoms with van der Waals surface area (Å²) in [5.41, 5.74) is 1.24. The van der Waals surface area contributed by atoms with Gasteiger partial charge in [-0.2, -0.15) is 0 Å². The van der Waals surface area contributed by atoms with Crippen LogP contribution in [0.2, 0.25) is 0 Å². The van der Waals surface area contributed by atoms with Crippen molar-refractivity contribution in [1.82, 2.24) is 10.0 Å². The molecule has 4 nitrogen and oxygen atoms in total. The van der Waals surface area contributed by atoms with E-state index in [-0.39, 0.29) is 9.37 Å². The molecule has 0 unspecified atom stereocenters. The first-order chi connectivity index (χ1) is 9.49. The maximum absolute atomic E-state index is 13.4. The molecule has 0 saturated carbocycles. The van der Waals surface area contributed by atoms with Crippen molar-refractivity contribution in [2.24, 2.45) is 0 Å². The van der Waals surface area contributed by atoms with Crippen LogP contribution in [0.5, 0.6) is 0 Å². The Kier molecular flexibility index (Phi) is 5.31. The minimum Gasteiger partial charge on any atom is -0.313 e. The molecule has 1 aromatic rings. The number of sulfonamides is 1.